The van der Waals surface area contributed by atoms with Gasteiger partial charge in [-0.15, -0.1) is 0 Å². The van der Waals surface area contributed by atoms with E-state index in [-0.39, 0.29) is 0 Å². The van der Waals surface area contributed by atoms with E-state index in [2.05, 4.69) is 41.5 Å². The van der Waals surface area contributed by atoms with Gasteiger partial charge in [-0.05, 0) is 42.9 Å². The highest BCUT2D eigenvalue weighted by Crippen LogP contribution is 2.50. The molecule has 0 aliphatic heterocycles. The summed E-state index contributed by atoms with van der Waals surface area (Å²) in [5.41, 5.74) is 0.630. The molecule has 1 atom stereocenters. The maximum Gasteiger partial charge on any atom is -0.0244 e. The van der Waals surface area contributed by atoms with Crippen molar-refractivity contribution in [1.82, 2.24) is 0 Å². The summed E-state index contributed by atoms with van der Waals surface area (Å²) >= 11 is 0. The zero-order valence-corrected chi connectivity index (χ0v) is 18.3. The fraction of sp³-hybridized carbons (Fsp3) is 1.00. The van der Waals surface area contributed by atoms with Gasteiger partial charge in [-0.2, -0.15) is 0 Å². The van der Waals surface area contributed by atoms with E-state index in [0.717, 1.165) is 11.8 Å². The van der Waals surface area contributed by atoms with Crippen molar-refractivity contribution in [1.29, 1.82) is 0 Å². The summed E-state index contributed by atoms with van der Waals surface area (Å²) in [5, 5.41) is 0. The van der Waals surface area contributed by atoms with Crippen LogP contribution in [0.25, 0.3) is 0 Å². The van der Waals surface area contributed by atoms with Crippen LogP contribution in [-0.4, -0.2) is 0 Å². The van der Waals surface area contributed by atoms with Crippen LogP contribution in [0.5, 0.6) is 0 Å². The van der Waals surface area contributed by atoms with Gasteiger partial charge in [0.05, 0.1) is 0 Å². The Kier molecular flexibility index (Phi) is 15.3. The van der Waals surface area contributed by atoms with Gasteiger partial charge in [0.25, 0.3) is 0 Å². The number of hydrogen-bond donors (Lipinski definition) is 0. The first-order chi connectivity index (χ1) is 11.6. The van der Waals surface area contributed by atoms with Gasteiger partial charge in [0.15, 0.2) is 0 Å². The average Bonchev–Trinajstić information content (AvgIpc) is 2.60. The predicted octanol–water partition coefficient (Wildman–Crippen LogP) is 9.18. The molecule has 0 radical (unpaired) electrons. The van der Waals surface area contributed by atoms with E-state index < -0.39 is 0 Å². The first-order valence-corrected chi connectivity index (χ1v) is 11.6. The van der Waals surface area contributed by atoms with Crippen molar-refractivity contribution < 1.29 is 0 Å². The molecule has 24 heavy (non-hydrogen) atoms. The Morgan fingerprint density at radius 3 is 1.29 bits per heavy atom. The molecule has 0 N–H and O–H groups in total. The van der Waals surface area contributed by atoms with Crippen LogP contribution in [0.1, 0.15) is 138 Å². The Hall–Kier alpha value is 0. The quantitative estimate of drug-likeness (QED) is 0.248. The van der Waals surface area contributed by atoms with Gasteiger partial charge in [-0.25, -0.2) is 0 Å². The highest BCUT2D eigenvalue weighted by molar-refractivity contribution is 4.90. The Bertz CT molecular complexity index is 239. The topological polar surface area (TPSA) is 0 Å². The fourth-order valence-electron chi connectivity index (χ4n) is 4.86. The lowest BCUT2D eigenvalue weighted by molar-refractivity contribution is 0.0305. The van der Waals surface area contributed by atoms with Crippen LogP contribution >= 0.6 is 0 Å². The van der Waals surface area contributed by atoms with Crippen molar-refractivity contribution in [2.24, 2.45) is 17.3 Å². The SMILES string of the molecule is CCCCC(C)C(CCCC)(CCCC)C(CCCC)CCCC. The summed E-state index contributed by atoms with van der Waals surface area (Å²) in [5.74, 6) is 1.89. The largest absolute Gasteiger partial charge is 0.0654 e. The van der Waals surface area contributed by atoms with E-state index >= 15 is 0 Å². The summed E-state index contributed by atoms with van der Waals surface area (Å²) in [6, 6.07) is 0. The van der Waals surface area contributed by atoms with Crippen LogP contribution in [0, 0.1) is 17.3 Å². The lowest BCUT2D eigenvalue weighted by Gasteiger charge is -2.47. The summed E-state index contributed by atoms with van der Waals surface area (Å²) in [4.78, 5) is 0. The maximum atomic E-state index is 2.62. The molecule has 0 aliphatic rings. The number of unbranched alkanes of at least 4 members (excludes halogenated alkanes) is 5. The normalized spacial score (nSPS) is 13.6. The van der Waals surface area contributed by atoms with E-state index in [9.17, 15) is 0 Å². The summed E-state index contributed by atoms with van der Waals surface area (Å²) in [7, 11) is 0. The average molecular weight is 339 g/mol. The van der Waals surface area contributed by atoms with Gasteiger partial charge in [-0.1, -0.05) is 112 Å². The Labute approximate surface area is 155 Å². The summed E-state index contributed by atoms with van der Waals surface area (Å²) in [6.45, 7) is 14.5. The van der Waals surface area contributed by atoms with E-state index in [1.54, 1.807) is 0 Å². The molecular weight excluding hydrogens is 288 g/mol. The summed E-state index contributed by atoms with van der Waals surface area (Å²) < 4.78 is 0. The van der Waals surface area contributed by atoms with Crippen LogP contribution in [0.2, 0.25) is 0 Å². The molecule has 0 heteroatoms. The molecule has 0 aromatic carbocycles. The minimum absolute atomic E-state index is 0.630. The third kappa shape index (κ3) is 8.39. The van der Waals surface area contributed by atoms with Crippen molar-refractivity contribution in [2.45, 2.75) is 138 Å². The molecule has 146 valence electrons. The second-order valence-electron chi connectivity index (χ2n) is 8.46. The van der Waals surface area contributed by atoms with Crippen molar-refractivity contribution in [3.63, 3.8) is 0 Å². The second-order valence-corrected chi connectivity index (χ2v) is 8.46. The van der Waals surface area contributed by atoms with Crippen molar-refractivity contribution >= 4 is 0 Å². The van der Waals surface area contributed by atoms with Gasteiger partial charge >= 0.3 is 0 Å². The van der Waals surface area contributed by atoms with Gasteiger partial charge < -0.3 is 0 Å². The van der Waals surface area contributed by atoms with Crippen LogP contribution in [0.3, 0.4) is 0 Å². The number of hydrogen-bond acceptors (Lipinski definition) is 0. The highest BCUT2D eigenvalue weighted by Gasteiger charge is 2.40. The highest BCUT2D eigenvalue weighted by atomic mass is 14.5. The molecule has 0 bridgehead atoms. The Morgan fingerprint density at radius 1 is 0.542 bits per heavy atom. The van der Waals surface area contributed by atoms with Crippen LogP contribution < -0.4 is 0 Å². The summed E-state index contributed by atoms with van der Waals surface area (Å²) in [6.07, 6.45) is 21.4. The van der Waals surface area contributed by atoms with Crippen molar-refractivity contribution in [3.05, 3.63) is 0 Å². The van der Waals surface area contributed by atoms with E-state index in [4.69, 9.17) is 0 Å². The maximum absolute atomic E-state index is 2.62. The monoisotopic (exact) mass is 338 g/mol. The third-order valence-corrected chi connectivity index (χ3v) is 6.59. The van der Waals surface area contributed by atoms with E-state index in [1.165, 1.54) is 96.3 Å². The third-order valence-electron chi connectivity index (χ3n) is 6.59. The Balaban J connectivity index is 5.45. The molecular formula is C24H50. The van der Waals surface area contributed by atoms with Gasteiger partial charge in [0.2, 0.25) is 0 Å². The molecule has 0 heterocycles. The molecule has 0 saturated carbocycles. The molecule has 0 nitrogen and oxygen atoms in total. The lowest BCUT2D eigenvalue weighted by atomic mass is 9.58. The van der Waals surface area contributed by atoms with E-state index in [0.29, 0.717) is 5.41 Å². The van der Waals surface area contributed by atoms with Gasteiger partial charge in [0, 0.05) is 0 Å². The fourth-order valence-corrected chi connectivity index (χ4v) is 4.86. The van der Waals surface area contributed by atoms with Gasteiger partial charge in [0.1, 0.15) is 0 Å². The molecule has 0 amide bonds. The van der Waals surface area contributed by atoms with Gasteiger partial charge in [-0.3, -0.25) is 0 Å². The minimum Gasteiger partial charge on any atom is -0.0654 e. The van der Waals surface area contributed by atoms with Crippen LogP contribution in [0.15, 0.2) is 0 Å². The second kappa shape index (κ2) is 15.3. The molecule has 0 aromatic heterocycles. The van der Waals surface area contributed by atoms with Crippen molar-refractivity contribution in [2.75, 3.05) is 0 Å². The zero-order chi connectivity index (χ0) is 18.3. The van der Waals surface area contributed by atoms with Crippen molar-refractivity contribution in [3.8, 4) is 0 Å². The molecule has 0 fully saturated rings. The molecule has 0 aromatic rings. The molecule has 0 saturated heterocycles. The zero-order valence-electron chi connectivity index (χ0n) is 18.3. The molecule has 0 rings (SSSR count). The molecule has 0 aliphatic carbocycles. The predicted molar refractivity (Wildman–Crippen MR) is 113 cm³/mol. The smallest absolute Gasteiger partial charge is 0.0244 e. The number of rotatable bonds is 17. The first-order valence-electron chi connectivity index (χ1n) is 11.6. The first kappa shape index (κ1) is 24.0. The Morgan fingerprint density at radius 2 is 0.917 bits per heavy atom. The minimum atomic E-state index is 0.630. The molecule has 0 spiro atoms. The van der Waals surface area contributed by atoms with Crippen LogP contribution in [0.4, 0.5) is 0 Å². The lowest BCUT2D eigenvalue weighted by Crippen LogP contribution is -2.37. The standard InChI is InChI=1S/C24H50/c1-7-12-17-22(6)24(20-15-10-4,21-16-11-5)23(18-13-8-2)19-14-9-3/h22-23H,7-21H2,1-6H3. The van der Waals surface area contributed by atoms with Crippen LogP contribution in [-0.2, 0) is 0 Å². The molecule has 1 unspecified atom stereocenters. The van der Waals surface area contributed by atoms with E-state index in [1.807, 2.05) is 0 Å².